The van der Waals surface area contributed by atoms with E-state index in [1.807, 2.05) is 0 Å². The van der Waals surface area contributed by atoms with Crippen LogP contribution in [0, 0.1) is 0 Å². The van der Waals surface area contributed by atoms with Gasteiger partial charge in [0.1, 0.15) is 0 Å². The van der Waals surface area contributed by atoms with E-state index in [0.717, 1.165) is 12.8 Å². The van der Waals surface area contributed by atoms with Gasteiger partial charge in [0.25, 0.3) is 0 Å². The molecule has 0 saturated carbocycles. The van der Waals surface area contributed by atoms with E-state index in [1.54, 1.807) is 0 Å². The molecule has 0 amide bonds. The Morgan fingerprint density at radius 3 is 2.55 bits per heavy atom. The summed E-state index contributed by atoms with van der Waals surface area (Å²) in [5, 5.41) is 0. The molecule has 66 valence electrons. The second kappa shape index (κ2) is 6.58. The summed E-state index contributed by atoms with van der Waals surface area (Å²) in [5.41, 5.74) is 10.8. The first-order valence-electron chi connectivity index (χ1n) is 3.76. The van der Waals surface area contributed by atoms with Crippen LogP contribution in [0.4, 0.5) is 0 Å². The van der Waals surface area contributed by atoms with E-state index >= 15 is 0 Å². The number of carbonyl (C=O) groups excluding carboxylic acids is 1. The summed E-state index contributed by atoms with van der Waals surface area (Å²) in [6.07, 6.45) is 2.52. The van der Waals surface area contributed by atoms with Crippen molar-refractivity contribution in [1.82, 2.24) is 0 Å². The molecule has 0 aliphatic heterocycles. The zero-order valence-electron chi connectivity index (χ0n) is 6.55. The third-order valence-corrected chi connectivity index (χ3v) is 1.78. The molecule has 4 heteroatoms. The smallest absolute Gasteiger partial charge is 0.164 e. The van der Waals surface area contributed by atoms with Crippen LogP contribution in [-0.4, -0.2) is 24.2 Å². The SMILES string of the molecule is NCCCC[C@H](N)C(=O)CCl. The van der Waals surface area contributed by atoms with E-state index in [9.17, 15) is 4.79 Å². The molecule has 0 unspecified atom stereocenters. The van der Waals surface area contributed by atoms with Gasteiger partial charge in [-0.15, -0.1) is 11.6 Å². The van der Waals surface area contributed by atoms with Crippen LogP contribution in [0.3, 0.4) is 0 Å². The highest BCUT2D eigenvalue weighted by atomic mass is 35.5. The summed E-state index contributed by atoms with van der Waals surface area (Å²) in [4.78, 5) is 10.8. The van der Waals surface area contributed by atoms with Crippen molar-refractivity contribution >= 4 is 17.4 Å². The van der Waals surface area contributed by atoms with Crippen LogP contribution < -0.4 is 11.5 Å². The Bertz CT molecular complexity index is 119. The van der Waals surface area contributed by atoms with Gasteiger partial charge >= 0.3 is 0 Å². The zero-order chi connectivity index (χ0) is 8.69. The Balaban J connectivity index is 3.36. The number of Topliss-reactive ketones (excluding diaryl/α,β-unsaturated/α-hetero) is 1. The maximum Gasteiger partial charge on any atom is 0.164 e. The number of hydrogen-bond acceptors (Lipinski definition) is 3. The van der Waals surface area contributed by atoms with E-state index in [4.69, 9.17) is 23.1 Å². The predicted molar refractivity (Wildman–Crippen MR) is 46.6 cm³/mol. The number of hydrogen-bond donors (Lipinski definition) is 2. The average Bonchev–Trinajstić information content (AvgIpc) is 2.03. The second-order valence-electron chi connectivity index (χ2n) is 2.49. The lowest BCUT2D eigenvalue weighted by atomic mass is 10.1. The fraction of sp³-hybridized carbons (Fsp3) is 0.857. The highest BCUT2D eigenvalue weighted by Crippen LogP contribution is 1.99. The maximum atomic E-state index is 10.8. The second-order valence-corrected chi connectivity index (χ2v) is 2.76. The van der Waals surface area contributed by atoms with E-state index in [2.05, 4.69) is 0 Å². The van der Waals surface area contributed by atoms with Crippen molar-refractivity contribution in [2.75, 3.05) is 12.4 Å². The highest BCUT2D eigenvalue weighted by molar-refractivity contribution is 6.28. The van der Waals surface area contributed by atoms with Crippen LogP contribution in [0.2, 0.25) is 0 Å². The summed E-state index contributed by atoms with van der Waals surface area (Å²) in [6, 6.07) is -0.390. The van der Waals surface area contributed by atoms with Crippen molar-refractivity contribution in [2.24, 2.45) is 11.5 Å². The molecule has 0 aromatic heterocycles. The molecule has 0 aromatic rings. The van der Waals surface area contributed by atoms with Crippen LogP contribution in [0.25, 0.3) is 0 Å². The van der Waals surface area contributed by atoms with E-state index in [1.165, 1.54) is 0 Å². The molecule has 0 radical (unpaired) electrons. The number of alkyl halides is 1. The van der Waals surface area contributed by atoms with Gasteiger partial charge in [0.2, 0.25) is 0 Å². The molecule has 0 aliphatic carbocycles. The molecule has 0 fully saturated rings. The molecule has 0 saturated heterocycles. The Hall–Kier alpha value is -0.120. The van der Waals surface area contributed by atoms with Crippen LogP contribution >= 0.6 is 11.6 Å². The molecule has 3 nitrogen and oxygen atoms in total. The molecule has 0 spiro atoms. The first-order chi connectivity index (χ1) is 5.22. The summed E-state index contributed by atoms with van der Waals surface area (Å²) < 4.78 is 0. The van der Waals surface area contributed by atoms with Crippen molar-refractivity contribution in [3.05, 3.63) is 0 Å². The Morgan fingerprint density at radius 2 is 2.09 bits per heavy atom. The minimum atomic E-state index is -0.390. The molecule has 0 rings (SSSR count). The van der Waals surface area contributed by atoms with E-state index < -0.39 is 0 Å². The topological polar surface area (TPSA) is 69.1 Å². The monoisotopic (exact) mass is 178 g/mol. The van der Waals surface area contributed by atoms with Gasteiger partial charge in [0.05, 0.1) is 11.9 Å². The standard InChI is InChI=1S/C7H15ClN2O/c8-5-7(11)6(10)3-1-2-4-9/h6H,1-5,9-10H2/t6-/m0/s1. The molecule has 11 heavy (non-hydrogen) atoms. The minimum absolute atomic E-state index is 0.0177. The summed E-state index contributed by atoms with van der Waals surface area (Å²) in [7, 11) is 0. The number of carbonyl (C=O) groups is 1. The summed E-state index contributed by atoms with van der Waals surface area (Å²) in [5.74, 6) is -0.0623. The van der Waals surface area contributed by atoms with Gasteiger partial charge in [0.15, 0.2) is 5.78 Å². The number of rotatable bonds is 6. The fourth-order valence-corrected chi connectivity index (χ4v) is 0.967. The molecule has 1 atom stereocenters. The lowest BCUT2D eigenvalue weighted by Crippen LogP contribution is -2.31. The van der Waals surface area contributed by atoms with Crippen LogP contribution in [-0.2, 0) is 4.79 Å². The number of nitrogens with two attached hydrogens (primary N) is 2. The lowest BCUT2D eigenvalue weighted by molar-refractivity contribution is -0.118. The minimum Gasteiger partial charge on any atom is -0.330 e. The summed E-state index contributed by atoms with van der Waals surface area (Å²) >= 11 is 5.31. The van der Waals surface area contributed by atoms with Crippen LogP contribution in [0.5, 0.6) is 0 Å². The third kappa shape index (κ3) is 5.18. The van der Waals surface area contributed by atoms with Crippen molar-refractivity contribution in [2.45, 2.75) is 25.3 Å². The van der Waals surface area contributed by atoms with Gasteiger partial charge in [0, 0.05) is 0 Å². The molecule has 4 N–H and O–H groups in total. The number of halogens is 1. The van der Waals surface area contributed by atoms with E-state index in [0.29, 0.717) is 13.0 Å². The third-order valence-electron chi connectivity index (χ3n) is 1.51. The zero-order valence-corrected chi connectivity index (χ0v) is 7.31. The number of ketones is 1. The molecule has 0 bridgehead atoms. The molecule has 0 heterocycles. The van der Waals surface area contributed by atoms with Gasteiger partial charge in [-0.3, -0.25) is 4.79 Å². The Morgan fingerprint density at radius 1 is 1.45 bits per heavy atom. The first-order valence-corrected chi connectivity index (χ1v) is 4.30. The van der Waals surface area contributed by atoms with Crippen molar-refractivity contribution in [3.63, 3.8) is 0 Å². The van der Waals surface area contributed by atoms with Gasteiger partial charge in [-0.1, -0.05) is 6.42 Å². The van der Waals surface area contributed by atoms with Crippen LogP contribution in [0.15, 0.2) is 0 Å². The quantitative estimate of drug-likeness (QED) is 0.453. The Labute approximate surface area is 72.1 Å². The average molecular weight is 179 g/mol. The van der Waals surface area contributed by atoms with Crippen molar-refractivity contribution < 1.29 is 4.79 Å². The fourth-order valence-electron chi connectivity index (χ4n) is 0.769. The highest BCUT2D eigenvalue weighted by Gasteiger charge is 2.10. The van der Waals surface area contributed by atoms with Gasteiger partial charge in [-0.25, -0.2) is 0 Å². The van der Waals surface area contributed by atoms with Crippen molar-refractivity contribution in [1.29, 1.82) is 0 Å². The Kier molecular flexibility index (Phi) is 6.51. The first kappa shape index (κ1) is 10.9. The van der Waals surface area contributed by atoms with Crippen LogP contribution in [0.1, 0.15) is 19.3 Å². The normalized spacial score (nSPS) is 13.0. The molecular weight excluding hydrogens is 164 g/mol. The summed E-state index contributed by atoms with van der Waals surface area (Å²) in [6.45, 7) is 0.655. The van der Waals surface area contributed by atoms with Gasteiger partial charge in [-0.2, -0.15) is 0 Å². The lowest BCUT2D eigenvalue weighted by Gasteiger charge is -2.06. The molecular formula is C7H15ClN2O. The van der Waals surface area contributed by atoms with Gasteiger partial charge in [-0.05, 0) is 19.4 Å². The number of unbranched alkanes of at least 4 members (excludes halogenated alkanes) is 1. The van der Waals surface area contributed by atoms with Gasteiger partial charge < -0.3 is 11.5 Å². The van der Waals surface area contributed by atoms with Crippen molar-refractivity contribution in [3.8, 4) is 0 Å². The largest absolute Gasteiger partial charge is 0.330 e. The van der Waals surface area contributed by atoms with E-state index in [-0.39, 0.29) is 17.7 Å². The maximum absolute atomic E-state index is 10.8. The predicted octanol–water partition coefficient (Wildman–Crippen LogP) is 0.251. The molecule has 0 aromatic carbocycles. The molecule has 0 aliphatic rings.